The zero-order valence-corrected chi connectivity index (χ0v) is 14.2. The maximum atomic E-state index is 13.1. The summed E-state index contributed by atoms with van der Waals surface area (Å²) in [4.78, 5) is 17.6. The summed E-state index contributed by atoms with van der Waals surface area (Å²) in [5.41, 5.74) is -0.141. The molecule has 2 aliphatic rings. The summed E-state index contributed by atoms with van der Waals surface area (Å²) in [7, 11) is 2.01. The first kappa shape index (κ1) is 16.8. The van der Waals surface area contributed by atoms with Crippen molar-refractivity contribution in [2.45, 2.75) is 58.4 Å². The zero-order valence-electron chi connectivity index (χ0n) is 14.2. The van der Waals surface area contributed by atoms with Crippen molar-refractivity contribution in [1.29, 1.82) is 0 Å². The van der Waals surface area contributed by atoms with E-state index in [2.05, 4.69) is 24.1 Å². The number of rotatable bonds is 6. The highest BCUT2D eigenvalue weighted by atomic mass is 16.2. The molecule has 4 nitrogen and oxygen atoms in total. The molecule has 2 atom stereocenters. The Labute approximate surface area is 130 Å². The van der Waals surface area contributed by atoms with Crippen LogP contribution in [0.15, 0.2) is 0 Å². The van der Waals surface area contributed by atoms with Crippen LogP contribution in [-0.2, 0) is 4.79 Å². The Hall–Kier alpha value is -0.610. The molecule has 0 saturated carbocycles. The highest BCUT2D eigenvalue weighted by molar-refractivity contribution is 5.83. The molecule has 4 heteroatoms. The lowest BCUT2D eigenvalue weighted by Gasteiger charge is -2.40. The van der Waals surface area contributed by atoms with Gasteiger partial charge < -0.3 is 10.2 Å². The van der Waals surface area contributed by atoms with Gasteiger partial charge in [-0.2, -0.15) is 0 Å². The summed E-state index contributed by atoms with van der Waals surface area (Å²) in [6.07, 6.45) is 6.81. The Morgan fingerprint density at radius 1 is 1.38 bits per heavy atom. The van der Waals surface area contributed by atoms with Gasteiger partial charge in [-0.15, -0.1) is 0 Å². The molecule has 2 fully saturated rings. The van der Waals surface area contributed by atoms with E-state index in [1.165, 1.54) is 19.4 Å². The first-order valence-electron chi connectivity index (χ1n) is 8.83. The normalized spacial score (nSPS) is 30.5. The maximum Gasteiger partial charge on any atom is 0.229 e. The van der Waals surface area contributed by atoms with Crippen LogP contribution in [0.25, 0.3) is 0 Å². The SMILES string of the molecule is CCCC1(C(=O)N(C)CC2CCCN2CC)CCCNC1. The van der Waals surface area contributed by atoms with Gasteiger partial charge in [-0.1, -0.05) is 20.3 Å². The van der Waals surface area contributed by atoms with Crippen molar-refractivity contribution < 1.29 is 4.79 Å². The van der Waals surface area contributed by atoms with Crippen molar-refractivity contribution in [3.8, 4) is 0 Å². The third kappa shape index (κ3) is 3.78. The fourth-order valence-electron chi connectivity index (χ4n) is 4.27. The number of carbonyl (C=O) groups excluding carboxylic acids is 1. The Morgan fingerprint density at radius 3 is 2.81 bits per heavy atom. The number of hydrogen-bond acceptors (Lipinski definition) is 3. The van der Waals surface area contributed by atoms with E-state index >= 15 is 0 Å². The summed E-state index contributed by atoms with van der Waals surface area (Å²) < 4.78 is 0. The lowest BCUT2D eigenvalue weighted by molar-refractivity contribution is -0.143. The molecule has 21 heavy (non-hydrogen) atoms. The van der Waals surface area contributed by atoms with Crippen molar-refractivity contribution in [3.63, 3.8) is 0 Å². The Kier molecular flexibility index (Phi) is 6.06. The van der Waals surface area contributed by atoms with E-state index in [1.807, 2.05) is 11.9 Å². The smallest absolute Gasteiger partial charge is 0.229 e. The van der Waals surface area contributed by atoms with Gasteiger partial charge in [-0.3, -0.25) is 9.69 Å². The van der Waals surface area contributed by atoms with E-state index in [0.717, 1.165) is 51.9 Å². The molecule has 2 unspecified atom stereocenters. The lowest BCUT2D eigenvalue weighted by Crippen LogP contribution is -2.53. The molecule has 122 valence electrons. The fourth-order valence-corrected chi connectivity index (χ4v) is 4.27. The second kappa shape index (κ2) is 7.59. The standard InChI is InChI=1S/C17H33N3O/c1-4-9-17(10-7-11-18-14-17)16(21)19(3)13-15-8-6-12-20(15)5-2/h15,18H,4-14H2,1-3H3. The summed E-state index contributed by atoms with van der Waals surface area (Å²) in [5, 5.41) is 3.45. The van der Waals surface area contributed by atoms with Gasteiger partial charge in [0, 0.05) is 26.2 Å². The number of likely N-dealkylation sites (tertiary alicyclic amines) is 1. The van der Waals surface area contributed by atoms with Gasteiger partial charge in [-0.05, 0) is 51.7 Å². The van der Waals surface area contributed by atoms with Crippen LogP contribution >= 0.6 is 0 Å². The predicted molar refractivity (Wildman–Crippen MR) is 87.4 cm³/mol. The van der Waals surface area contributed by atoms with Gasteiger partial charge in [0.1, 0.15) is 0 Å². The van der Waals surface area contributed by atoms with Crippen LogP contribution in [0.3, 0.4) is 0 Å². The number of likely N-dealkylation sites (N-methyl/N-ethyl adjacent to an activating group) is 2. The van der Waals surface area contributed by atoms with Crippen LogP contribution in [0.1, 0.15) is 52.4 Å². The zero-order chi connectivity index (χ0) is 15.3. The maximum absolute atomic E-state index is 13.1. The van der Waals surface area contributed by atoms with Crippen molar-refractivity contribution in [2.24, 2.45) is 5.41 Å². The van der Waals surface area contributed by atoms with Crippen LogP contribution in [0.5, 0.6) is 0 Å². The third-order valence-corrected chi connectivity index (χ3v) is 5.39. The van der Waals surface area contributed by atoms with Crippen LogP contribution in [0, 0.1) is 5.41 Å². The number of amides is 1. The molecular weight excluding hydrogens is 262 g/mol. The lowest BCUT2D eigenvalue weighted by atomic mass is 9.75. The van der Waals surface area contributed by atoms with Gasteiger partial charge in [0.15, 0.2) is 0 Å². The monoisotopic (exact) mass is 295 g/mol. The summed E-state index contributed by atoms with van der Waals surface area (Å²) in [6.45, 7) is 9.56. The molecule has 0 bridgehead atoms. The topological polar surface area (TPSA) is 35.6 Å². The number of piperidine rings is 1. The van der Waals surface area contributed by atoms with Crippen molar-refractivity contribution in [2.75, 3.05) is 39.8 Å². The molecule has 0 spiro atoms. The number of nitrogens with one attached hydrogen (secondary N) is 1. The van der Waals surface area contributed by atoms with Gasteiger partial charge in [0.25, 0.3) is 0 Å². The van der Waals surface area contributed by atoms with Crippen molar-refractivity contribution in [3.05, 3.63) is 0 Å². The molecule has 0 aromatic heterocycles. The molecule has 0 aromatic rings. The Bertz CT molecular complexity index is 333. The van der Waals surface area contributed by atoms with Crippen molar-refractivity contribution >= 4 is 5.91 Å². The van der Waals surface area contributed by atoms with E-state index in [1.54, 1.807) is 0 Å². The van der Waals surface area contributed by atoms with E-state index in [0.29, 0.717) is 11.9 Å². The molecule has 1 amide bonds. The first-order chi connectivity index (χ1) is 10.1. The third-order valence-electron chi connectivity index (χ3n) is 5.39. The molecule has 0 aliphatic carbocycles. The molecule has 2 saturated heterocycles. The molecular formula is C17H33N3O. The molecule has 2 aliphatic heterocycles. The average molecular weight is 295 g/mol. The van der Waals surface area contributed by atoms with E-state index in [9.17, 15) is 4.79 Å². The van der Waals surface area contributed by atoms with E-state index in [4.69, 9.17) is 0 Å². The number of hydrogen-bond donors (Lipinski definition) is 1. The van der Waals surface area contributed by atoms with E-state index < -0.39 is 0 Å². The van der Waals surface area contributed by atoms with Gasteiger partial charge in [0.2, 0.25) is 5.91 Å². The van der Waals surface area contributed by atoms with Crippen LogP contribution in [0.4, 0.5) is 0 Å². The minimum Gasteiger partial charge on any atom is -0.344 e. The van der Waals surface area contributed by atoms with Crippen molar-refractivity contribution in [1.82, 2.24) is 15.1 Å². The van der Waals surface area contributed by atoms with E-state index in [-0.39, 0.29) is 5.41 Å². The number of nitrogens with zero attached hydrogens (tertiary/aromatic N) is 2. The van der Waals surface area contributed by atoms with Crippen LogP contribution < -0.4 is 5.32 Å². The fraction of sp³-hybridized carbons (Fsp3) is 0.941. The second-order valence-corrected chi connectivity index (χ2v) is 6.92. The highest BCUT2D eigenvalue weighted by Gasteiger charge is 2.41. The second-order valence-electron chi connectivity index (χ2n) is 6.92. The molecule has 2 rings (SSSR count). The molecule has 0 radical (unpaired) electrons. The number of carbonyl (C=O) groups is 1. The predicted octanol–water partition coefficient (Wildman–Crippen LogP) is 2.10. The Morgan fingerprint density at radius 2 is 2.19 bits per heavy atom. The minimum atomic E-state index is -0.141. The molecule has 2 heterocycles. The quantitative estimate of drug-likeness (QED) is 0.815. The largest absolute Gasteiger partial charge is 0.344 e. The minimum absolute atomic E-state index is 0.141. The highest BCUT2D eigenvalue weighted by Crippen LogP contribution is 2.34. The van der Waals surface area contributed by atoms with Crippen LogP contribution in [-0.4, -0.2) is 61.5 Å². The summed E-state index contributed by atoms with van der Waals surface area (Å²) in [6, 6.07) is 0.569. The molecule has 1 N–H and O–H groups in total. The summed E-state index contributed by atoms with van der Waals surface area (Å²) >= 11 is 0. The summed E-state index contributed by atoms with van der Waals surface area (Å²) in [5.74, 6) is 0.375. The Balaban J connectivity index is 1.99. The first-order valence-corrected chi connectivity index (χ1v) is 8.83. The molecule has 0 aromatic carbocycles. The van der Waals surface area contributed by atoms with Gasteiger partial charge in [0.05, 0.1) is 5.41 Å². The average Bonchev–Trinajstić information content (AvgIpc) is 2.94. The van der Waals surface area contributed by atoms with Gasteiger partial charge >= 0.3 is 0 Å². The van der Waals surface area contributed by atoms with Gasteiger partial charge in [-0.25, -0.2) is 0 Å². The van der Waals surface area contributed by atoms with Crippen LogP contribution in [0.2, 0.25) is 0 Å².